The van der Waals surface area contributed by atoms with Crippen molar-refractivity contribution in [3.8, 4) is 0 Å². The maximum atomic E-state index is 12.0. The van der Waals surface area contributed by atoms with Crippen molar-refractivity contribution < 1.29 is 9.90 Å². The van der Waals surface area contributed by atoms with Gasteiger partial charge in [0.15, 0.2) is 5.78 Å². The predicted molar refractivity (Wildman–Crippen MR) is 73.1 cm³/mol. The van der Waals surface area contributed by atoms with Gasteiger partial charge >= 0.3 is 0 Å². The van der Waals surface area contributed by atoms with Gasteiger partial charge in [0, 0.05) is 11.3 Å². The Bertz CT molecular complexity index is 409. The molecule has 1 fully saturated rings. The summed E-state index contributed by atoms with van der Waals surface area (Å²) in [6, 6.07) is 0. The molecular weight excluding hydrogens is 224 g/mol. The third-order valence-corrected chi connectivity index (χ3v) is 5.67. The van der Waals surface area contributed by atoms with Crippen LogP contribution in [0.15, 0.2) is 24.3 Å². The maximum absolute atomic E-state index is 12.0. The number of aliphatic hydroxyl groups is 1. The van der Waals surface area contributed by atoms with Gasteiger partial charge in [-0.25, -0.2) is 0 Å². The zero-order valence-electron chi connectivity index (χ0n) is 11.7. The van der Waals surface area contributed by atoms with Crippen molar-refractivity contribution in [2.24, 2.45) is 22.7 Å². The standard InChI is InChI=1S/C16H24O2/c1-11(2)13-5-7-16(10-17)8-6-14(18)12(3)15(16,4)9-13/h6,8,12-13,17H,1,5,7,9-10H2,2-4H3/t12-,13-,15-,16-/m1/s1. The molecule has 1 saturated carbocycles. The van der Waals surface area contributed by atoms with E-state index in [4.69, 9.17) is 0 Å². The van der Waals surface area contributed by atoms with Gasteiger partial charge in [0.25, 0.3) is 0 Å². The van der Waals surface area contributed by atoms with Crippen LogP contribution in [-0.4, -0.2) is 17.5 Å². The zero-order valence-corrected chi connectivity index (χ0v) is 11.7. The second-order valence-corrected chi connectivity index (χ2v) is 6.48. The molecule has 2 rings (SSSR count). The Morgan fingerprint density at radius 1 is 1.61 bits per heavy atom. The number of hydrogen-bond donors (Lipinski definition) is 1. The molecule has 0 heterocycles. The molecule has 0 amide bonds. The monoisotopic (exact) mass is 248 g/mol. The van der Waals surface area contributed by atoms with Gasteiger partial charge in [0.1, 0.15) is 0 Å². The van der Waals surface area contributed by atoms with Gasteiger partial charge in [-0.1, -0.05) is 32.1 Å². The molecule has 0 aliphatic heterocycles. The second kappa shape index (κ2) is 4.34. The lowest BCUT2D eigenvalue weighted by molar-refractivity contribution is -0.133. The van der Waals surface area contributed by atoms with E-state index in [0.29, 0.717) is 5.92 Å². The maximum Gasteiger partial charge on any atom is 0.158 e. The average Bonchev–Trinajstić information content (AvgIpc) is 2.35. The summed E-state index contributed by atoms with van der Waals surface area (Å²) in [5, 5.41) is 9.89. The number of aliphatic hydroxyl groups excluding tert-OH is 1. The van der Waals surface area contributed by atoms with Crippen LogP contribution in [0.5, 0.6) is 0 Å². The van der Waals surface area contributed by atoms with Gasteiger partial charge in [0.05, 0.1) is 6.61 Å². The minimum atomic E-state index is -0.216. The topological polar surface area (TPSA) is 37.3 Å². The summed E-state index contributed by atoms with van der Waals surface area (Å²) < 4.78 is 0. The first-order valence-electron chi connectivity index (χ1n) is 6.86. The lowest BCUT2D eigenvalue weighted by atomic mass is 9.47. The summed E-state index contributed by atoms with van der Waals surface area (Å²) in [5.74, 6) is 0.664. The van der Waals surface area contributed by atoms with Crippen molar-refractivity contribution in [1.29, 1.82) is 0 Å². The van der Waals surface area contributed by atoms with E-state index in [1.165, 1.54) is 5.57 Å². The number of carbonyl (C=O) groups excluding carboxylic acids is 1. The van der Waals surface area contributed by atoms with Crippen LogP contribution in [0, 0.1) is 22.7 Å². The predicted octanol–water partition coefficient (Wildman–Crippen LogP) is 3.12. The largest absolute Gasteiger partial charge is 0.395 e. The van der Waals surface area contributed by atoms with Crippen LogP contribution in [0.3, 0.4) is 0 Å². The van der Waals surface area contributed by atoms with E-state index in [2.05, 4.69) is 20.4 Å². The molecule has 0 aromatic heterocycles. The van der Waals surface area contributed by atoms with Gasteiger partial charge in [0.2, 0.25) is 0 Å². The van der Waals surface area contributed by atoms with E-state index in [1.807, 2.05) is 13.0 Å². The lowest BCUT2D eigenvalue weighted by Crippen LogP contribution is -2.53. The van der Waals surface area contributed by atoms with Crippen molar-refractivity contribution in [3.63, 3.8) is 0 Å². The Morgan fingerprint density at radius 2 is 2.28 bits per heavy atom. The first kappa shape index (κ1) is 13.5. The van der Waals surface area contributed by atoms with Crippen molar-refractivity contribution in [3.05, 3.63) is 24.3 Å². The van der Waals surface area contributed by atoms with Crippen molar-refractivity contribution in [2.45, 2.75) is 40.0 Å². The van der Waals surface area contributed by atoms with Gasteiger partial charge < -0.3 is 5.11 Å². The van der Waals surface area contributed by atoms with Crippen molar-refractivity contribution >= 4 is 5.78 Å². The minimum Gasteiger partial charge on any atom is -0.395 e. The molecule has 18 heavy (non-hydrogen) atoms. The highest BCUT2D eigenvalue weighted by atomic mass is 16.3. The van der Waals surface area contributed by atoms with E-state index < -0.39 is 0 Å². The Morgan fingerprint density at radius 3 is 2.83 bits per heavy atom. The molecule has 0 aromatic rings. The van der Waals surface area contributed by atoms with E-state index in [1.54, 1.807) is 6.08 Å². The number of fused-ring (bicyclic) bond motifs is 1. The summed E-state index contributed by atoms with van der Waals surface area (Å²) >= 11 is 0. The van der Waals surface area contributed by atoms with Crippen molar-refractivity contribution in [1.82, 2.24) is 0 Å². The number of ketones is 1. The van der Waals surface area contributed by atoms with Gasteiger partial charge in [-0.05, 0) is 43.6 Å². The van der Waals surface area contributed by atoms with Crippen LogP contribution in [0.25, 0.3) is 0 Å². The SMILES string of the molecule is C=C(C)[C@@H]1CC[C@]2(CO)C=CC(=O)[C@@H](C)[C@@]2(C)C1. The molecule has 1 N–H and O–H groups in total. The third kappa shape index (κ3) is 1.70. The first-order valence-corrected chi connectivity index (χ1v) is 6.86. The molecule has 0 spiro atoms. The van der Waals surface area contributed by atoms with Gasteiger partial charge in [-0.2, -0.15) is 0 Å². The smallest absolute Gasteiger partial charge is 0.158 e. The van der Waals surface area contributed by atoms with Crippen LogP contribution in [0.2, 0.25) is 0 Å². The Balaban J connectivity index is 2.43. The number of hydrogen-bond acceptors (Lipinski definition) is 2. The fraction of sp³-hybridized carbons (Fsp3) is 0.688. The molecule has 0 bridgehead atoms. The molecule has 0 saturated heterocycles. The molecule has 2 heteroatoms. The van der Waals surface area contributed by atoms with E-state index in [-0.39, 0.29) is 29.1 Å². The van der Waals surface area contributed by atoms with Crippen LogP contribution in [0.1, 0.15) is 40.0 Å². The normalized spacial score (nSPS) is 43.7. The van der Waals surface area contributed by atoms with Gasteiger partial charge in [-0.3, -0.25) is 4.79 Å². The fourth-order valence-corrected chi connectivity index (χ4v) is 3.85. The van der Waals surface area contributed by atoms with E-state index in [0.717, 1.165) is 19.3 Å². The summed E-state index contributed by atoms with van der Waals surface area (Å²) in [6.07, 6.45) is 6.64. The molecule has 100 valence electrons. The average molecular weight is 248 g/mol. The van der Waals surface area contributed by atoms with Crippen LogP contribution < -0.4 is 0 Å². The number of rotatable bonds is 2. The highest BCUT2D eigenvalue weighted by Gasteiger charge is 2.56. The second-order valence-electron chi connectivity index (χ2n) is 6.48. The summed E-state index contributed by atoms with van der Waals surface area (Å²) in [7, 11) is 0. The van der Waals surface area contributed by atoms with Crippen molar-refractivity contribution in [2.75, 3.05) is 6.61 Å². The summed E-state index contributed by atoms with van der Waals surface area (Å²) in [6.45, 7) is 10.5. The fourth-order valence-electron chi connectivity index (χ4n) is 3.85. The first-order chi connectivity index (χ1) is 8.36. The molecule has 0 unspecified atom stereocenters. The Labute approximate surface area is 110 Å². The van der Waals surface area contributed by atoms with Crippen LogP contribution in [0.4, 0.5) is 0 Å². The zero-order chi connectivity index (χ0) is 13.6. The molecule has 2 aliphatic carbocycles. The molecular formula is C16H24O2. The quantitative estimate of drug-likeness (QED) is 0.762. The third-order valence-electron chi connectivity index (χ3n) is 5.67. The Kier molecular flexibility index (Phi) is 3.26. The molecule has 0 radical (unpaired) electrons. The minimum absolute atomic E-state index is 0.0169. The molecule has 4 atom stereocenters. The lowest BCUT2D eigenvalue weighted by Gasteiger charge is -2.56. The van der Waals surface area contributed by atoms with Crippen LogP contribution >= 0.6 is 0 Å². The number of allylic oxidation sites excluding steroid dienone is 2. The number of carbonyl (C=O) groups is 1. The van der Waals surface area contributed by atoms with E-state index >= 15 is 0 Å². The summed E-state index contributed by atoms with van der Waals surface area (Å²) in [5.41, 5.74) is 0.846. The summed E-state index contributed by atoms with van der Waals surface area (Å²) in [4.78, 5) is 12.0. The van der Waals surface area contributed by atoms with E-state index in [9.17, 15) is 9.90 Å². The van der Waals surface area contributed by atoms with Gasteiger partial charge in [-0.15, -0.1) is 0 Å². The highest BCUT2D eigenvalue weighted by molar-refractivity contribution is 5.93. The van der Waals surface area contributed by atoms with Crippen LogP contribution in [-0.2, 0) is 4.79 Å². The Hall–Kier alpha value is -0.890. The molecule has 2 aliphatic rings. The molecule has 0 aromatic carbocycles. The molecule has 2 nitrogen and oxygen atoms in total. The highest BCUT2D eigenvalue weighted by Crippen LogP contribution is 2.59.